The first-order chi connectivity index (χ1) is 14.9. The average molecular weight is 449 g/mol. The van der Waals surface area contributed by atoms with E-state index in [-0.39, 0.29) is 31.6 Å². The van der Waals surface area contributed by atoms with E-state index in [0.29, 0.717) is 43.1 Å². The zero-order valence-corrected chi connectivity index (χ0v) is 18.6. The highest BCUT2D eigenvalue weighted by Crippen LogP contribution is 2.28. The molecule has 0 unspecified atom stereocenters. The van der Waals surface area contributed by atoms with Crippen molar-refractivity contribution in [2.24, 2.45) is 0 Å². The maximum Gasteiger partial charge on any atom is 0.282 e. The normalized spacial score (nSPS) is 21.5. The molecule has 2 aliphatic heterocycles. The number of pyridine rings is 1. The Morgan fingerprint density at radius 1 is 1.13 bits per heavy atom. The fourth-order valence-electron chi connectivity index (χ4n) is 3.84. The molecule has 0 saturated carbocycles. The Hall–Kier alpha value is -2.11. The zero-order valence-electron chi connectivity index (χ0n) is 17.8. The number of rotatable bonds is 5. The van der Waals surface area contributed by atoms with Gasteiger partial charge in [-0.3, -0.25) is 4.79 Å². The summed E-state index contributed by atoms with van der Waals surface area (Å²) in [6.07, 6.45) is -0.556. The van der Waals surface area contributed by atoms with E-state index in [1.165, 1.54) is 8.61 Å². The molecule has 1 aromatic carbocycles. The smallest absolute Gasteiger partial charge is 0.282 e. The van der Waals surface area contributed by atoms with Gasteiger partial charge < -0.3 is 14.8 Å². The number of aromatic nitrogens is 1. The first-order valence-electron chi connectivity index (χ1n) is 10.5. The standard InChI is InChI=1S/C21H28N4O5S/c1-15(2)22-21(26)17-13-19(23-18-6-4-3-5-16(17)18)20-14-25(9-12-30-20)31(27,28)24-7-10-29-11-8-24/h3-6,13,15,20H,7-12,14H2,1-2H3,(H,22,26)/t20-/m1/s1. The van der Waals surface area contributed by atoms with Crippen molar-refractivity contribution in [3.63, 3.8) is 0 Å². The summed E-state index contributed by atoms with van der Waals surface area (Å²) >= 11 is 0. The van der Waals surface area contributed by atoms with E-state index < -0.39 is 16.3 Å². The molecule has 9 nitrogen and oxygen atoms in total. The van der Waals surface area contributed by atoms with Crippen molar-refractivity contribution in [1.29, 1.82) is 0 Å². The van der Waals surface area contributed by atoms with Crippen LogP contribution in [0, 0.1) is 0 Å². The van der Waals surface area contributed by atoms with Gasteiger partial charge in [-0.05, 0) is 26.0 Å². The van der Waals surface area contributed by atoms with Gasteiger partial charge >= 0.3 is 0 Å². The van der Waals surface area contributed by atoms with E-state index in [1.54, 1.807) is 6.07 Å². The fourth-order valence-corrected chi connectivity index (χ4v) is 5.41. The minimum Gasteiger partial charge on any atom is -0.379 e. The number of carbonyl (C=O) groups excluding carboxylic acids is 1. The van der Waals surface area contributed by atoms with Gasteiger partial charge in [0.15, 0.2) is 0 Å². The molecule has 1 aromatic heterocycles. The molecule has 2 aliphatic rings. The first kappa shape index (κ1) is 22.1. The fraction of sp³-hybridized carbons (Fsp3) is 0.524. The molecule has 0 bridgehead atoms. The minimum absolute atomic E-state index is 0.0111. The number of para-hydroxylation sites is 1. The lowest BCUT2D eigenvalue weighted by Crippen LogP contribution is -2.52. The topological polar surface area (TPSA) is 101 Å². The van der Waals surface area contributed by atoms with E-state index in [4.69, 9.17) is 14.5 Å². The van der Waals surface area contributed by atoms with Crippen LogP contribution < -0.4 is 5.32 Å². The number of nitrogens with one attached hydrogen (secondary N) is 1. The number of benzene rings is 1. The number of carbonyl (C=O) groups is 1. The van der Waals surface area contributed by atoms with Crippen LogP contribution in [0.15, 0.2) is 30.3 Å². The Bertz CT molecular complexity index is 1050. The van der Waals surface area contributed by atoms with E-state index in [0.717, 1.165) is 5.39 Å². The summed E-state index contributed by atoms with van der Waals surface area (Å²) in [5.41, 5.74) is 1.73. The van der Waals surface area contributed by atoms with Gasteiger partial charge in [-0.15, -0.1) is 0 Å². The van der Waals surface area contributed by atoms with Crippen molar-refractivity contribution in [2.45, 2.75) is 26.0 Å². The number of hydrogen-bond acceptors (Lipinski definition) is 6. The van der Waals surface area contributed by atoms with Gasteiger partial charge in [0, 0.05) is 37.6 Å². The maximum atomic E-state index is 13.1. The molecule has 10 heteroatoms. The second kappa shape index (κ2) is 9.17. The minimum atomic E-state index is -3.61. The SMILES string of the molecule is CC(C)NC(=O)c1cc([C@H]2CN(S(=O)(=O)N3CCOCC3)CCO2)nc2ccccc12. The molecule has 31 heavy (non-hydrogen) atoms. The summed E-state index contributed by atoms with van der Waals surface area (Å²) in [6.45, 7) is 5.98. The Morgan fingerprint density at radius 3 is 2.58 bits per heavy atom. The van der Waals surface area contributed by atoms with E-state index in [2.05, 4.69) is 5.32 Å². The van der Waals surface area contributed by atoms with Gasteiger partial charge in [0.2, 0.25) is 0 Å². The quantitative estimate of drug-likeness (QED) is 0.741. The lowest BCUT2D eigenvalue weighted by atomic mass is 10.0. The summed E-state index contributed by atoms with van der Waals surface area (Å²) < 4.78 is 40.2. The van der Waals surface area contributed by atoms with Crippen LogP contribution >= 0.6 is 0 Å². The molecule has 3 heterocycles. The number of amides is 1. The molecule has 4 rings (SSSR count). The van der Waals surface area contributed by atoms with Gasteiger partial charge in [0.25, 0.3) is 16.1 Å². The first-order valence-corrected chi connectivity index (χ1v) is 11.9. The molecule has 0 radical (unpaired) electrons. The molecule has 1 N–H and O–H groups in total. The van der Waals surface area contributed by atoms with Crippen LogP contribution in [0.1, 0.15) is 36.0 Å². The average Bonchev–Trinajstić information content (AvgIpc) is 2.78. The highest BCUT2D eigenvalue weighted by molar-refractivity contribution is 7.86. The van der Waals surface area contributed by atoms with E-state index in [9.17, 15) is 13.2 Å². The van der Waals surface area contributed by atoms with Crippen LogP contribution in [-0.4, -0.2) is 80.0 Å². The Labute approximate surface area is 182 Å². The van der Waals surface area contributed by atoms with Crippen molar-refractivity contribution < 1.29 is 22.7 Å². The van der Waals surface area contributed by atoms with Gasteiger partial charge in [-0.2, -0.15) is 17.0 Å². The monoisotopic (exact) mass is 448 g/mol. The van der Waals surface area contributed by atoms with E-state index in [1.807, 2.05) is 38.1 Å². The van der Waals surface area contributed by atoms with Gasteiger partial charge in [0.1, 0.15) is 6.10 Å². The lowest BCUT2D eigenvalue weighted by Gasteiger charge is -2.36. The zero-order chi connectivity index (χ0) is 22.0. The number of nitrogens with zero attached hydrogens (tertiary/aromatic N) is 3. The number of hydrogen-bond donors (Lipinski definition) is 1. The molecule has 168 valence electrons. The molecular weight excluding hydrogens is 420 g/mol. The third kappa shape index (κ3) is 4.73. The third-order valence-electron chi connectivity index (χ3n) is 5.38. The molecule has 1 amide bonds. The largest absolute Gasteiger partial charge is 0.379 e. The second-order valence-electron chi connectivity index (χ2n) is 7.98. The van der Waals surface area contributed by atoms with Crippen LogP contribution in [-0.2, 0) is 19.7 Å². The summed E-state index contributed by atoms with van der Waals surface area (Å²) in [5.74, 6) is -0.191. The molecule has 2 aromatic rings. The Morgan fingerprint density at radius 2 is 1.84 bits per heavy atom. The predicted molar refractivity (Wildman–Crippen MR) is 116 cm³/mol. The number of fused-ring (bicyclic) bond motifs is 1. The lowest BCUT2D eigenvalue weighted by molar-refractivity contribution is -0.00830. The summed E-state index contributed by atoms with van der Waals surface area (Å²) in [7, 11) is -3.61. The van der Waals surface area contributed by atoms with Crippen LogP contribution in [0.5, 0.6) is 0 Å². The van der Waals surface area contributed by atoms with Crippen LogP contribution in [0.2, 0.25) is 0 Å². The number of morpholine rings is 2. The molecule has 1 atom stereocenters. The van der Waals surface area contributed by atoms with Crippen LogP contribution in [0.4, 0.5) is 0 Å². The summed E-state index contributed by atoms with van der Waals surface area (Å²) in [5, 5.41) is 3.67. The molecule has 2 saturated heterocycles. The molecular formula is C21H28N4O5S. The van der Waals surface area contributed by atoms with Crippen LogP contribution in [0.25, 0.3) is 10.9 Å². The van der Waals surface area contributed by atoms with E-state index >= 15 is 0 Å². The summed E-state index contributed by atoms with van der Waals surface area (Å²) in [6, 6.07) is 9.14. The summed E-state index contributed by atoms with van der Waals surface area (Å²) in [4.78, 5) is 17.5. The highest BCUT2D eigenvalue weighted by Gasteiger charge is 2.36. The number of ether oxygens (including phenoxy) is 2. The van der Waals surface area contributed by atoms with Crippen molar-refractivity contribution in [1.82, 2.24) is 18.9 Å². The Kier molecular flexibility index (Phi) is 6.54. The predicted octanol–water partition coefficient (Wildman–Crippen LogP) is 1.32. The molecule has 0 spiro atoms. The van der Waals surface area contributed by atoms with Crippen LogP contribution in [0.3, 0.4) is 0 Å². The van der Waals surface area contributed by atoms with Gasteiger partial charge in [-0.25, -0.2) is 4.98 Å². The third-order valence-corrected chi connectivity index (χ3v) is 7.38. The molecule has 0 aliphatic carbocycles. The van der Waals surface area contributed by atoms with Crippen molar-refractivity contribution in [3.05, 3.63) is 41.6 Å². The maximum absolute atomic E-state index is 13.1. The Balaban J connectivity index is 1.64. The van der Waals surface area contributed by atoms with Crippen molar-refractivity contribution in [3.8, 4) is 0 Å². The highest BCUT2D eigenvalue weighted by atomic mass is 32.2. The second-order valence-corrected chi connectivity index (χ2v) is 9.91. The van der Waals surface area contributed by atoms with Gasteiger partial charge in [-0.1, -0.05) is 18.2 Å². The van der Waals surface area contributed by atoms with Gasteiger partial charge in [0.05, 0.1) is 36.6 Å². The van der Waals surface area contributed by atoms with Crippen molar-refractivity contribution >= 4 is 27.0 Å². The molecule has 2 fully saturated rings. The van der Waals surface area contributed by atoms with Crippen molar-refractivity contribution in [2.75, 3.05) is 46.0 Å².